The number of piperazine rings is 1. The van der Waals surface area contributed by atoms with Gasteiger partial charge in [0.05, 0.1) is 0 Å². The van der Waals surface area contributed by atoms with Gasteiger partial charge in [0, 0.05) is 43.3 Å². The fourth-order valence-electron chi connectivity index (χ4n) is 2.67. The number of carbonyl (C=O) groups is 1. The largest absolute Gasteiger partial charge is 0.354 e. The van der Waals surface area contributed by atoms with E-state index in [2.05, 4.69) is 30.9 Å². The zero-order chi connectivity index (χ0) is 17.5. The van der Waals surface area contributed by atoms with Crippen molar-refractivity contribution in [2.45, 2.75) is 13.0 Å². The average molecular weight is 400 g/mol. The minimum Gasteiger partial charge on any atom is -0.354 e. The van der Waals surface area contributed by atoms with Gasteiger partial charge in [0.15, 0.2) is 0 Å². The lowest BCUT2D eigenvalue weighted by Crippen LogP contribution is -2.44. The van der Waals surface area contributed by atoms with Crippen LogP contribution in [0.15, 0.2) is 24.3 Å². The molecule has 0 spiro atoms. The maximum atomic E-state index is 12.0. The summed E-state index contributed by atoms with van der Waals surface area (Å²) in [5.41, 5.74) is 0.812. The number of aromatic nitrogens is 4. The monoisotopic (exact) mass is 399 g/mol. The van der Waals surface area contributed by atoms with E-state index in [-0.39, 0.29) is 24.9 Å². The molecule has 2 aromatic rings. The molecule has 3 rings (SSSR count). The molecule has 142 valence electrons. The number of amides is 1. The first-order valence-electron chi connectivity index (χ1n) is 8.44. The van der Waals surface area contributed by atoms with Crippen molar-refractivity contribution in [1.29, 1.82) is 0 Å². The number of tetrazole rings is 1. The second kappa shape index (κ2) is 10.4. The van der Waals surface area contributed by atoms with E-state index in [0.717, 1.165) is 44.7 Å². The number of rotatable bonds is 7. The van der Waals surface area contributed by atoms with Gasteiger partial charge in [0.2, 0.25) is 11.7 Å². The number of nitrogens with one attached hydrogen (secondary N) is 2. The van der Waals surface area contributed by atoms with E-state index in [0.29, 0.717) is 17.4 Å². The molecule has 2 N–H and O–H groups in total. The maximum absolute atomic E-state index is 12.0. The van der Waals surface area contributed by atoms with Crippen LogP contribution in [0.5, 0.6) is 0 Å². The highest BCUT2D eigenvalue weighted by molar-refractivity contribution is 6.30. The van der Waals surface area contributed by atoms with Crippen LogP contribution in [0.4, 0.5) is 0 Å². The van der Waals surface area contributed by atoms with Crippen LogP contribution in [-0.4, -0.2) is 70.3 Å². The van der Waals surface area contributed by atoms with Crippen LogP contribution >= 0.6 is 24.0 Å². The Bertz CT molecular complexity index is 686. The molecule has 1 saturated heterocycles. The second-order valence-corrected chi connectivity index (χ2v) is 6.38. The molecule has 1 fully saturated rings. The minimum absolute atomic E-state index is 0. The predicted octanol–water partition coefficient (Wildman–Crippen LogP) is 0.827. The van der Waals surface area contributed by atoms with E-state index in [4.69, 9.17) is 11.6 Å². The van der Waals surface area contributed by atoms with Gasteiger partial charge < -0.3 is 15.5 Å². The molecule has 1 amide bonds. The molecule has 2 heterocycles. The van der Waals surface area contributed by atoms with Crippen molar-refractivity contribution in [3.05, 3.63) is 29.3 Å². The first-order chi connectivity index (χ1) is 12.2. The summed E-state index contributed by atoms with van der Waals surface area (Å²) in [6.07, 6.45) is 0.937. The fourth-order valence-corrected chi connectivity index (χ4v) is 2.80. The third-order valence-corrected chi connectivity index (χ3v) is 4.28. The Morgan fingerprint density at radius 1 is 1.23 bits per heavy atom. The molecule has 0 bridgehead atoms. The topological polar surface area (TPSA) is 88.0 Å². The van der Waals surface area contributed by atoms with Crippen molar-refractivity contribution < 1.29 is 4.79 Å². The summed E-state index contributed by atoms with van der Waals surface area (Å²) in [7, 11) is 0. The lowest BCUT2D eigenvalue weighted by Gasteiger charge is -2.27. The smallest absolute Gasteiger partial charge is 0.243 e. The molecule has 1 aromatic carbocycles. The Hall–Kier alpha value is -1.74. The summed E-state index contributed by atoms with van der Waals surface area (Å²) in [6.45, 7) is 5.95. The molecule has 0 atom stereocenters. The zero-order valence-electron chi connectivity index (χ0n) is 14.4. The number of nitrogens with zero attached hydrogens (tertiary/aromatic N) is 5. The van der Waals surface area contributed by atoms with Crippen molar-refractivity contribution in [2.24, 2.45) is 0 Å². The van der Waals surface area contributed by atoms with E-state index < -0.39 is 0 Å². The molecule has 1 aliphatic heterocycles. The van der Waals surface area contributed by atoms with Gasteiger partial charge in [-0.1, -0.05) is 11.6 Å². The van der Waals surface area contributed by atoms with Crippen molar-refractivity contribution in [3.63, 3.8) is 0 Å². The summed E-state index contributed by atoms with van der Waals surface area (Å²) in [6, 6.07) is 7.17. The molecule has 0 radical (unpaired) electrons. The van der Waals surface area contributed by atoms with E-state index in [9.17, 15) is 4.79 Å². The Kier molecular flexibility index (Phi) is 8.24. The number of halogens is 2. The molecule has 0 aliphatic carbocycles. The quantitative estimate of drug-likeness (QED) is 0.670. The van der Waals surface area contributed by atoms with Crippen molar-refractivity contribution >= 4 is 29.9 Å². The summed E-state index contributed by atoms with van der Waals surface area (Å²) < 4.78 is 0. The summed E-state index contributed by atoms with van der Waals surface area (Å²) >= 11 is 5.86. The average Bonchev–Trinajstić information content (AvgIpc) is 3.09. The van der Waals surface area contributed by atoms with Crippen LogP contribution < -0.4 is 10.6 Å². The molecule has 8 nitrogen and oxygen atoms in total. The van der Waals surface area contributed by atoms with Gasteiger partial charge in [-0.3, -0.25) is 4.79 Å². The molecule has 1 aliphatic rings. The molecule has 26 heavy (non-hydrogen) atoms. The number of benzene rings is 1. The van der Waals surface area contributed by atoms with E-state index in [1.807, 2.05) is 12.1 Å². The van der Waals surface area contributed by atoms with Crippen LogP contribution in [0, 0.1) is 0 Å². The van der Waals surface area contributed by atoms with Gasteiger partial charge in [-0.15, -0.1) is 22.6 Å². The Morgan fingerprint density at radius 2 is 1.96 bits per heavy atom. The van der Waals surface area contributed by atoms with Gasteiger partial charge in [-0.2, -0.15) is 4.80 Å². The summed E-state index contributed by atoms with van der Waals surface area (Å²) in [5.74, 6) is 0.364. The van der Waals surface area contributed by atoms with Crippen LogP contribution in [-0.2, 0) is 11.3 Å². The Morgan fingerprint density at radius 3 is 2.69 bits per heavy atom. The van der Waals surface area contributed by atoms with Crippen molar-refractivity contribution in [2.75, 3.05) is 39.3 Å². The van der Waals surface area contributed by atoms with Gasteiger partial charge >= 0.3 is 0 Å². The highest BCUT2D eigenvalue weighted by atomic mass is 35.5. The highest BCUT2D eigenvalue weighted by Gasteiger charge is 2.11. The van der Waals surface area contributed by atoms with Crippen LogP contribution in [0.3, 0.4) is 0 Å². The van der Waals surface area contributed by atoms with Gasteiger partial charge in [0.25, 0.3) is 0 Å². The number of hydrogen-bond donors (Lipinski definition) is 2. The summed E-state index contributed by atoms with van der Waals surface area (Å²) in [4.78, 5) is 15.7. The van der Waals surface area contributed by atoms with Gasteiger partial charge in [-0.05, 0) is 42.4 Å². The highest BCUT2D eigenvalue weighted by Crippen LogP contribution is 2.16. The first kappa shape index (κ1) is 20.6. The van der Waals surface area contributed by atoms with Crippen LogP contribution in [0.1, 0.15) is 6.42 Å². The van der Waals surface area contributed by atoms with E-state index in [1.165, 1.54) is 4.80 Å². The predicted molar refractivity (Wildman–Crippen MR) is 102 cm³/mol. The third-order valence-electron chi connectivity index (χ3n) is 4.02. The molecular formula is C16H23Cl2N7O. The summed E-state index contributed by atoms with van der Waals surface area (Å²) in [5, 5.41) is 19.0. The van der Waals surface area contributed by atoms with Gasteiger partial charge in [-0.25, -0.2) is 0 Å². The van der Waals surface area contributed by atoms with Gasteiger partial charge in [0.1, 0.15) is 6.54 Å². The number of hydrogen-bond acceptors (Lipinski definition) is 6. The lowest BCUT2D eigenvalue weighted by atomic mass is 10.2. The fraction of sp³-hybridized carbons (Fsp3) is 0.500. The molecule has 10 heteroatoms. The lowest BCUT2D eigenvalue weighted by molar-refractivity contribution is -0.122. The van der Waals surface area contributed by atoms with Crippen molar-refractivity contribution in [3.8, 4) is 11.4 Å². The molecule has 0 unspecified atom stereocenters. The minimum atomic E-state index is -0.111. The number of carbonyl (C=O) groups excluding carboxylic acids is 1. The molecular weight excluding hydrogens is 377 g/mol. The van der Waals surface area contributed by atoms with Crippen LogP contribution in [0.2, 0.25) is 5.02 Å². The second-order valence-electron chi connectivity index (χ2n) is 5.95. The normalized spacial score (nSPS) is 14.7. The van der Waals surface area contributed by atoms with Crippen LogP contribution in [0.25, 0.3) is 11.4 Å². The third kappa shape index (κ3) is 6.21. The molecule has 0 saturated carbocycles. The standard InChI is InChI=1S/C16H22ClN7O.ClH/c17-14-4-2-13(3-5-14)16-20-22-24(21-16)12-15(25)19-6-1-9-23-10-7-18-8-11-23;/h2-5,18H,1,6-12H2,(H,19,25);1H. The Labute approximate surface area is 163 Å². The molecule has 1 aromatic heterocycles. The maximum Gasteiger partial charge on any atom is 0.243 e. The van der Waals surface area contributed by atoms with E-state index in [1.54, 1.807) is 12.1 Å². The Balaban J connectivity index is 0.00000243. The zero-order valence-corrected chi connectivity index (χ0v) is 16.0. The SMILES string of the molecule is Cl.O=C(Cn1nnc(-c2ccc(Cl)cc2)n1)NCCCN1CCNCC1. The van der Waals surface area contributed by atoms with Crippen molar-refractivity contribution in [1.82, 2.24) is 35.7 Å². The van der Waals surface area contributed by atoms with E-state index >= 15 is 0 Å². The first-order valence-corrected chi connectivity index (χ1v) is 8.82.